The van der Waals surface area contributed by atoms with Gasteiger partial charge in [0.15, 0.2) is 17.3 Å². The number of rotatable bonds is 5. The first-order valence-corrected chi connectivity index (χ1v) is 12.7. The summed E-state index contributed by atoms with van der Waals surface area (Å²) in [7, 11) is 3.31. The Labute approximate surface area is 221 Å². The lowest BCUT2D eigenvalue weighted by Crippen LogP contribution is -2.46. The minimum absolute atomic E-state index is 0.0245. The van der Waals surface area contributed by atoms with Crippen molar-refractivity contribution in [1.82, 2.24) is 24.4 Å². The number of alkyl halides is 3. The fraction of sp³-hybridized carbons (Fsp3) is 0.407. The van der Waals surface area contributed by atoms with E-state index in [0.29, 0.717) is 35.8 Å². The van der Waals surface area contributed by atoms with Crippen LogP contribution in [0.1, 0.15) is 47.8 Å². The number of halogens is 3. The highest BCUT2D eigenvalue weighted by Crippen LogP contribution is 2.43. The van der Waals surface area contributed by atoms with E-state index in [1.165, 1.54) is 11.8 Å². The standard InChI is InChI=1S/C27H27F3N6O3/c1-15-11-21(39-33-15)19-9-6-10-35(19)26(37)24-17(14-38-3)31-23-13-22(27(28,29)30)32-36(23)25(24)20-12-16-7-4-5-8-18(16)34(20)2/h4-5,7-8,11-13,19,24-25H,6,9-10,14H2,1-3H3. The van der Waals surface area contributed by atoms with Crippen molar-refractivity contribution in [2.75, 3.05) is 20.3 Å². The van der Waals surface area contributed by atoms with Crippen LogP contribution >= 0.6 is 0 Å². The summed E-state index contributed by atoms with van der Waals surface area (Å²) < 4.78 is 55.4. The summed E-state index contributed by atoms with van der Waals surface area (Å²) >= 11 is 0. The van der Waals surface area contributed by atoms with Crippen LogP contribution < -0.4 is 0 Å². The number of methoxy groups -OCH3 is 1. The molecule has 9 nitrogen and oxygen atoms in total. The van der Waals surface area contributed by atoms with Gasteiger partial charge in [-0.05, 0) is 37.3 Å². The van der Waals surface area contributed by atoms with Gasteiger partial charge in [0, 0.05) is 44.0 Å². The van der Waals surface area contributed by atoms with E-state index in [0.717, 1.165) is 23.4 Å². The van der Waals surface area contributed by atoms with Crippen molar-refractivity contribution < 1.29 is 27.2 Å². The Balaban J connectivity index is 1.53. The number of fused-ring (bicyclic) bond motifs is 2. The lowest BCUT2D eigenvalue weighted by molar-refractivity contribution is -0.141. The lowest BCUT2D eigenvalue weighted by Gasteiger charge is -2.35. The molecule has 1 amide bonds. The number of amides is 1. The summed E-state index contributed by atoms with van der Waals surface area (Å²) in [6.45, 7) is 2.26. The fourth-order valence-corrected chi connectivity index (χ4v) is 5.83. The molecule has 2 aliphatic rings. The van der Waals surface area contributed by atoms with E-state index in [1.54, 1.807) is 4.90 Å². The number of benzene rings is 1. The average Bonchev–Trinajstić information content (AvgIpc) is 3.68. The molecule has 3 unspecified atom stereocenters. The maximum atomic E-state index is 14.5. The Hall–Kier alpha value is -3.93. The number of aromatic nitrogens is 4. The Bertz CT molecular complexity index is 1580. The number of carbonyl (C=O) groups excluding carboxylic acids is 1. The number of aliphatic imine (C=N–C) groups is 1. The smallest absolute Gasteiger partial charge is 0.379 e. The van der Waals surface area contributed by atoms with E-state index in [1.807, 2.05) is 54.9 Å². The van der Waals surface area contributed by atoms with Crippen molar-refractivity contribution in [3.8, 4) is 0 Å². The van der Waals surface area contributed by atoms with Crippen molar-refractivity contribution in [3.63, 3.8) is 0 Å². The van der Waals surface area contributed by atoms with Gasteiger partial charge in [-0.25, -0.2) is 9.67 Å². The second kappa shape index (κ2) is 9.37. The molecule has 0 bridgehead atoms. The van der Waals surface area contributed by atoms with Crippen LogP contribution in [-0.4, -0.2) is 56.3 Å². The zero-order chi connectivity index (χ0) is 27.5. The first-order valence-electron chi connectivity index (χ1n) is 12.7. The van der Waals surface area contributed by atoms with Gasteiger partial charge in [0.2, 0.25) is 5.91 Å². The second-order valence-corrected chi connectivity index (χ2v) is 10.0. The first kappa shape index (κ1) is 25.4. The number of nitrogens with zero attached hydrogens (tertiary/aromatic N) is 6. The number of aryl methyl sites for hydroxylation is 2. The predicted octanol–water partition coefficient (Wildman–Crippen LogP) is 4.99. The minimum Gasteiger partial charge on any atom is -0.379 e. The molecule has 0 N–H and O–H groups in total. The van der Waals surface area contributed by atoms with Gasteiger partial charge in [-0.2, -0.15) is 18.3 Å². The molecule has 0 spiro atoms. The number of hydrogen-bond donors (Lipinski definition) is 0. The Morgan fingerprint density at radius 3 is 2.69 bits per heavy atom. The molecule has 0 saturated carbocycles. The van der Waals surface area contributed by atoms with Crippen molar-refractivity contribution in [1.29, 1.82) is 0 Å². The van der Waals surface area contributed by atoms with E-state index in [9.17, 15) is 18.0 Å². The molecule has 0 aliphatic carbocycles. The minimum atomic E-state index is -4.67. The molecule has 4 aromatic rings. The van der Waals surface area contributed by atoms with Crippen LogP contribution in [0.15, 0.2) is 52.0 Å². The van der Waals surface area contributed by atoms with Crippen LogP contribution in [-0.2, 0) is 22.8 Å². The van der Waals surface area contributed by atoms with Gasteiger partial charge in [0.25, 0.3) is 0 Å². The molecule has 0 radical (unpaired) electrons. The van der Waals surface area contributed by atoms with E-state index in [-0.39, 0.29) is 24.4 Å². The summed E-state index contributed by atoms with van der Waals surface area (Å²) in [6.07, 6.45) is -3.23. The van der Waals surface area contributed by atoms with E-state index in [4.69, 9.17) is 9.26 Å². The SMILES string of the molecule is COCC1=Nc2cc(C(F)(F)F)nn2C(c2cc3ccccc3n2C)C1C(=O)N1CCCC1c1cc(C)no1. The average molecular weight is 541 g/mol. The van der Waals surface area contributed by atoms with Crippen LogP contribution in [0.5, 0.6) is 0 Å². The summed E-state index contributed by atoms with van der Waals surface area (Å²) in [6, 6.07) is 11.0. The topological polar surface area (TPSA) is 90.7 Å². The highest BCUT2D eigenvalue weighted by Gasteiger charge is 2.47. The number of hydrogen-bond acceptors (Lipinski definition) is 6. The predicted molar refractivity (Wildman–Crippen MR) is 136 cm³/mol. The van der Waals surface area contributed by atoms with Gasteiger partial charge in [0.1, 0.15) is 12.0 Å². The van der Waals surface area contributed by atoms with Crippen molar-refractivity contribution >= 4 is 28.3 Å². The van der Waals surface area contributed by atoms with Gasteiger partial charge in [0.05, 0.1) is 24.1 Å². The van der Waals surface area contributed by atoms with Gasteiger partial charge in [-0.3, -0.25) is 4.79 Å². The molecule has 39 heavy (non-hydrogen) atoms. The molecule has 1 saturated heterocycles. The van der Waals surface area contributed by atoms with Crippen LogP contribution in [0.3, 0.4) is 0 Å². The largest absolute Gasteiger partial charge is 0.435 e. The molecule has 204 valence electrons. The molecule has 2 aliphatic heterocycles. The second-order valence-electron chi connectivity index (χ2n) is 10.0. The maximum Gasteiger partial charge on any atom is 0.435 e. The van der Waals surface area contributed by atoms with Crippen LogP contribution in [0.2, 0.25) is 0 Å². The van der Waals surface area contributed by atoms with Crippen molar-refractivity contribution in [2.24, 2.45) is 18.0 Å². The van der Waals surface area contributed by atoms with Gasteiger partial charge in [-0.1, -0.05) is 23.4 Å². The summed E-state index contributed by atoms with van der Waals surface area (Å²) in [5.41, 5.74) is 1.51. The monoisotopic (exact) mass is 540 g/mol. The van der Waals surface area contributed by atoms with Crippen LogP contribution in [0, 0.1) is 12.8 Å². The van der Waals surface area contributed by atoms with Gasteiger partial charge in [-0.15, -0.1) is 0 Å². The normalized spacial score (nSPS) is 21.4. The summed E-state index contributed by atoms with van der Waals surface area (Å²) in [5, 5.41) is 8.84. The third kappa shape index (κ3) is 4.22. The third-order valence-electron chi connectivity index (χ3n) is 7.56. The van der Waals surface area contributed by atoms with Gasteiger partial charge < -0.3 is 18.7 Å². The molecular weight excluding hydrogens is 513 g/mol. The first-order chi connectivity index (χ1) is 18.7. The molecule has 12 heteroatoms. The molecule has 1 aromatic carbocycles. The molecule has 6 rings (SSSR count). The Kier molecular flexibility index (Phi) is 6.09. The Morgan fingerprint density at radius 1 is 1.21 bits per heavy atom. The summed E-state index contributed by atoms with van der Waals surface area (Å²) in [5.74, 6) is -0.615. The van der Waals surface area contributed by atoms with E-state index >= 15 is 0 Å². The Morgan fingerprint density at radius 2 is 2.00 bits per heavy atom. The zero-order valence-corrected chi connectivity index (χ0v) is 21.6. The maximum absolute atomic E-state index is 14.5. The van der Waals surface area contributed by atoms with E-state index < -0.39 is 23.8 Å². The number of para-hydroxylation sites is 1. The van der Waals surface area contributed by atoms with Crippen molar-refractivity contribution in [3.05, 3.63) is 65.3 Å². The number of ether oxygens (including phenoxy) is 1. The number of likely N-dealkylation sites (tertiary alicyclic amines) is 1. The molecule has 3 aromatic heterocycles. The molecule has 5 heterocycles. The van der Waals surface area contributed by atoms with Crippen molar-refractivity contribution in [2.45, 2.75) is 38.0 Å². The lowest BCUT2D eigenvalue weighted by atomic mass is 9.88. The highest BCUT2D eigenvalue weighted by atomic mass is 19.4. The van der Waals surface area contributed by atoms with Crippen LogP contribution in [0.4, 0.5) is 19.0 Å². The zero-order valence-electron chi connectivity index (χ0n) is 21.6. The third-order valence-corrected chi connectivity index (χ3v) is 7.56. The van der Waals surface area contributed by atoms with Gasteiger partial charge >= 0.3 is 6.18 Å². The van der Waals surface area contributed by atoms with Crippen LogP contribution in [0.25, 0.3) is 10.9 Å². The summed E-state index contributed by atoms with van der Waals surface area (Å²) in [4.78, 5) is 20.7. The molecule has 3 atom stereocenters. The molecular formula is C27H27F3N6O3. The van der Waals surface area contributed by atoms with E-state index in [2.05, 4.69) is 15.2 Å². The molecule has 1 fully saturated rings. The quantitative estimate of drug-likeness (QED) is 0.356. The fourth-order valence-electron chi connectivity index (χ4n) is 5.83. The highest BCUT2D eigenvalue weighted by molar-refractivity contribution is 6.07. The number of carbonyl (C=O) groups is 1.